The SMILES string of the molecule is Cc1cccn2c(=O)c(/C=C(\C#N)C(=O)NC[C@@H]3CCCO3)c(Oc3ccc(Cl)cc3)nc12. The number of nitrogens with one attached hydrogen (secondary N) is 1. The first-order chi connectivity index (χ1) is 16.0. The highest BCUT2D eigenvalue weighted by Crippen LogP contribution is 2.26. The van der Waals surface area contributed by atoms with Crippen molar-refractivity contribution in [3.8, 4) is 17.7 Å². The fourth-order valence-electron chi connectivity index (χ4n) is 3.51. The van der Waals surface area contributed by atoms with E-state index in [4.69, 9.17) is 21.1 Å². The van der Waals surface area contributed by atoms with Gasteiger partial charge in [0.25, 0.3) is 11.5 Å². The van der Waals surface area contributed by atoms with E-state index in [1.165, 1.54) is 10.5 Å². The lowest BCUT2D eigenvalue weighted by molar-refractivity contribution is -0.117. The van der Waals surface area contributed by atoms with E-state index in [-0.39, 0.29) is 23.1 Å². The topological polar surface area (TPSA) is 106 Å². The normalized spacial score (nSPS) is 15.9. The van der Waals surface area contributed by atoms with Crippen molar-refractivity contribution in [2.24, 2.45) is 0 Å². The Hall–Kier alpha value is -3.67. The second-order valence-corrected chi connectivity index (χ2v) is 8.03. The van der Waals surface area contributed by atoms with Crippen molar-refractivity contribution in [2.45, 2.75) is 25.9 Å². The van der Waals surface area contributed by atoms with Gasteiger partial charge in [0.2, 0.25) is 5.88 Å². The number of carbonyl (C=O) groups is 1. The fraction of sp³-hybridized carbons (Fsp3) is 0.250. The molecule has 1 N–H and O–H groups in total. The molecule has 8 nitrogen and oxygen atoms in total. The summed E-state index contributed by atoms with van der Waals surface area (Å²) in [7, 11) is 0. The van der Waals surface area contributed by atoms with Crippen LogP contribution in [0.15, 0.2) is 53.0 Å². The lowest BCUT2D eigenvalue weighted by Crippen LogP contribution is -2.32. The minimum Gasteiger partial charge on any atom is -0.438 e. The summed E-state index contributed by atoms with van der Waals surface area (Å²) in [6.45, 7) is 2.77. The van der Waals surface area contributed by atoms with E-state index in [1.54, 1.807) is 36.5 Å². The third-order valence-electron chi connectivity index (χ3n) is 5.25. The summed E-state index contributed by atoms with van der Waals surface area (Å²) >= 11 is 5.95. The van der Waals surface area contributed by atoms with Gasteiger partial charge in [-0.05, 0) is 61.7 Å². The van der Waals surface area contributed by atoms with Gasteiger partial charge in [-0.1, -0.05) is 17.7 Å². The maximum Gasteiger partial charge on any atom is 0.269 e. The van der Waals surface area contributed by atoms with Crippen LogP contribution >= 0.6 is 11.6 Å². The Morgan fingerprint density at radius 2 is 2.18 bits per heavy atom. The van der Waals surface area contributed by atoms with Crippen LogP contribution in [-0.4, -0.2) is 34.5 Å². The van der Waals surface area contributed by atoms with Gasteiger partial charge in [0, 0.05) is 24.4 Å². The zero-order valence-electron chi connectivity index (χ0n) is 17.9. The van der Waals surface area contributed by atoms with Crippen LogP contribution in [0.3, 0.4) is 0 Å². The van der Waals surface area contributed by atoms with E-state index in [2.05, 4.69) is 10.3 Å². The predicted molar refractivity (Wildman–Crippen MR) is 123 cm³/mol. The maximum absolute atomic E-state index is 13.3. The number of fused-ring (bicyclic) bond motifs is 1. The number of hydrogen-bond donors (Lipinski definition) is 1. The number of ether oxygens (including phenoxy) is 2. The van der Waals surface area contributed by atoms with Gasteiger partial charge in [-0.25, -0.2) is 0 Å². The molecule has 1 aliphatic rings. The Morgan fingerprint density at radius 3 is 2.88 bits per heavy atom. The minimum atomic E-state index is -0.598. The Bertz CT molecular complexity index is 1320. The molecular weight excluding hydrogens is 444 g/mol. The molecule has 0 aliphatic carbocycles. The van der Waals surface area contributed by atoms with Crippen molar-refractivity contribution in [1.29, 1.82) is 5.26 Å². The number of aryl methyl sites for hydroxylation is 1. The number of rotatable bonds is 6. The van der Waals surface area contributed by atoms with Crippen molar-refractivity contribution in [3.05, 3.63) is 74.7 Å². The molecule has 168 valence electrons. The summed E-state index contributed by atoms with van der Waals surface area (Å²) < 4.78 is 12.7. The summed E-state index contributed by atoms with van der Waals surface area (Å²) in [5, 5.41) is 12.8. The summed E-state index contributed by atoms with van der Waals surface area (Å²) in [4.78, 5) is 30.4. The Kier molecular flexibility index (Phi) is 6.73. The van der Waals surface area contributed by atoms with Crippen LogP contribution in [0.4, 0.5) is 0 Å². The molecule has 3 heterocycles. The quantitative estimate of drug-likeness (QED) is 0.441. The number of nitrogens with zero attached hydrogens (tertiary/aromatic N) is 3. The van der Waals surface area contributed by atoms with Crippen LogP contribution in [0.25, 0.3) is 11.7 Å². The second-order valence-electron chi connectivity index (χ2n) is 7.59. The first kappa shape index (κ1) is 22.5. The number of pyridine rings is 1. The Balaban J connectivity index is 1.75. The lowest BCUT2D eigenvalue weighted by Gasteiger charge is -2.12. The maximum atomic E-state index is 13.3. The number of aromatic nitrogens is 2. The molecule has 1 fully saturated rings. The first-order valence-corrected chi connectivity index (χ1v) is 10.8. The number of benzene rings is 1. The molecule has 1 atom stereocenters. The van der Waals surface area contributed by atoms with Crippen molar-refractivity contribution < 1.29 is 14.3 Å². The van der Waals surface area contributed by atoms with Gasteiger partial charge in [-0.3, -0.25) is 14.0 Å². The number of carbonyl (C=O) groups excluding carboxylic acids is 1. The van der Waals surface area contributed by atoms with Crippen molar-refractivity contribution >= 4 is 29.2 Å². The number of nitriles is 1. The molecular formula is C24H21ClN4O4. The molecule has 1 aliphatic heterocycles. The average molecular weight is 465 g/mol. The molecule has 0 unspecified atom stereocenters. The molecule has 0 bridgehead atoms. The third-order valence-corrected chi connectivity index (χ3v) is 5.50. The molecule has 1 aromatic carbocycles. The highest BCUT2D eigenvalue weighted by Gasteiger charge is 2.20. The largest absolute Gasteiger partial charge is 0.438 e. The predicted octanol–water partition coefficient (Wildman–Crippen LogP) is 3.65. The highest BCUT2D eigenvalue weighted by atomic mass is 35.5. The van der Waals surface area contributed by atoms with Crippen molar-refractivity contribution in [2.75, 3.05) is 13.2 Å². The van der Waals surface area contributed by atoms with Gasteiger partial charge in [0.15, 0.2) is 0 Å². The van der Waals surface area contributed by atoms with E-state index >= 15 is 0 Å². The van der Waals surface area contributed by atoms with Gasteiger partial charge >= 0.3 is 0 Å². The summed E-state index contributed by atoms with van der Waals surface area (Å²) in [5.74, 6) is -0.212. The van der Waals surface area contributed by atoms with E-state index in [0.717, 1.165) is 18.4 Å². The molecule has 0 spiro atoms. The monoisotopic (exact) mass is 464 g/mol. The van der Waals surface area contributed by atoms with E-state index in [1.807, 2.05) is 19.1 Å². The molecule has 2 aromatic heterocycles. The van der Waals surface area contributed by atoms with Crippen molar-refractivity contribution in [1.82, 2.24) is 14.7 Å². The molecule has 1 amide bonds. The van der Waals surface area contributed by atoms with Crippen LogP contribution in [0.2, 0.25) is 5.02 Å². The summed E-state index contributed by atoms with van der Waals surface area (Å²) in [6, 6.07) is 12.0. The highest BCUT2D eigenvalue weighted by molar-refractivity contribution is 6.30. The molecule has 1 saturated heterocycles. The van der Waals surface area contributed by atoms with Gasteiger partial charge < -0.3 is 14.8 Å². The number of amides is 1. The Morgan fingerprint density at radius 1 is 1.39 bits per heavy atom. The van der Waals surface area contributed by atoms with Gasteiger partial charge in [0.1, 0.15) is 28.6 Å². The zero-order valence-corrected chi connectivity index (χ0v) is 18.6. The lowest BCUT2D eigenvalue weighted by atomic mass is 10.1. The van der Waals surface area contributed by atoms with Crippen LogP contribution in [-0.2, 0) is 9.53 Å². The molecule has 9 heteroatoms. The molecule has 4 rings (SSSR count). The van der Waals surface area contributed by atoms with E-state index < -0.39 is 11.5 Å². The fourth-order valence-corrected chi connectivity index (χ4v) is 3.63. The minimum absolute atomic E-state index is 0.0168. The van der Waals surface area contributed by atoms with Crippen LogP contribution in [0.5, 0.6) is 11.6 Å². The molecule has 0 saturated carbocycles. The molecule has 3 aromatic rings. The van der Waals surface area contributed by atoms with Gasteiger partial charge in [-0.15, -0.1) is 0 Å². The summed E-state index contributed by atoms with van der Waals surface area (Å²) in [6.07, 6.45) is 4.49. The third kappa shape index (κ3) is 5.06. The van der Waals surface area contributed by atoms with E-state index in [9.17, 15) is 14.9 Å². The molecule has 33 heavy (non-hydrogen) atoms. The first-order valence-electron chi connectivity index (χ1n) is 10.4. The number of hydrogen-bond acceptors (Lipinski definition) is 6. The van der Waals surface area contributed by atoms with Crippen LogP contribution in [0.1, 0.15) is 24.0 Å². The average Bonchev–Trinajstić information content (AvgIpc) is 3.33. The standard InChI is InChI=1S/C24H21ClN4O4/c1-15-4-2-10-29-21(15)28-23(33-18-8-6-17(25)7-9-18)20(24(29)31)12-16(13-26)22(30)27-14-19-5-3-11-32-19/h2,4,6-10,12,19H,3,5,11,14H2,1H3,(H,27,30)/b16-12+/t19-/m0/s1. The van der Waals surface area contributed by atoms with Gasteiger partial charge in [-0.2, -0.15) is 10.2 Å². The van der Waals surface area contributed by atoms with Crippen LogP contribution in [0, 0.1) is 18.3 Å². The second kappa shape index (κ2) is 9.86. The summed E-state index contributed by atoms with van der Waals surface area (Å²) in [5.41, 5.74) is 0.454. The van der Waals surface area contributed by atoms with Crippen LogP contribution < -0.4 is 15.6 Å². The molecule has 0 radical (unpaired) electrons. The Labute approximate surface area is 195 Å². The number of halogens is 1. The van der Waals surface area contributed by atoms with E-state index in [0.29, 0.717) is 29.6 Å². The van der Waals surface area contributed by atoms with Gasteiger partial charge in [0.05, 0.1) is 6.10 Å². The zero-order chi connectivity index (χ0) is 23.4. The smallest absolute Gasteiger partial charge is 0.269 e. The van der Waals surface area contributed by atoms with Crippen molar-refractivity contribution in [3.63, 3.8) is 0 Å².